The fourth-order valence-electron chi connectivity index (χ4n) is 3.00. The van der Waals surface area contributed by atoms with E-state index in [1.807, 2.05) is 0 Å². The van der Waals surface area contributed by atoms with Gasteiger partial charge in [0.1, 0.15) is 24.1 Å². The molecule has 0 unspecified atom stereocenters. The standard InChI is InChI=1S/C20H17F2NO5/c1-26-19(24)16-10-28-11-23(18(16)20(25)27-2)17-6-4-3-5-15(17)12-7-13(21)9-14(22)8-12/h3-9H,10-11H2,1-2H3. The molecule has 0 aliphatic carbocycles. The van der Waals surface area contributed by atoms with Gasteiger partial charge in [-0.25, -0.2) is 18.4 Å². The molecular weight excluding hydrogens is 372 g/mol. The van der Waals surface area contributed by atoms with E-state index >= 15 is 0 Å². The zero-order valence-electron chi connectivity index (χ0n) is 15.2. The summed E-state index contributed by atoms with van der Waals surface area (Å²) in [4.78, 5) is 26.0. The van der Waals surface area contributed by atoms with E-state index in [0.717, 1.165) is 6.07 Å². The molecule has 0 saturated carbocycles. The summed E-state index contributed by atoms with van der Waals surface area (Å²) in [7, 11) is 2.37. The first-order valence-electron chi connectivity index (χ1n) is 8.26. The Hall–Kier alpha value is -3.26. The SMILES string of the molecule is COC(=O)C1=C(C(=O)OC)N(c2ccccc2-c2cc(F)cc(F)c2)COC1. The van der Waals surface area contributed by atoms with Gasteiger partial charge in [-0.15, -0.1) is 0 Å². The van der Waals surface area contributed by atoms with Crippen molar-refractivity contribution in [2.24, 2.45) is 0 Å². The molecule has 0 atom stereocenters. The van der Waals surface area contributed by atoms with Crippen LogP contribution >= 0.6 is 0 Å². The monoisotopic (exact) mass is 389 g/mol. The number of para-hydroxylation sites is 1. The molecule has 3 rings (SSSR count). The molecule has 1 aliphatic heterocycles. The van der Waals surface area contributed by atoms with Crippen molar-refractivity contribution in [3.8, 4) is 11.1 Å². The molecule has 0 N–H and O–H groups in total. The van der Waals surface area contributed by atoms with Crippen molar-refractivity contribution < 1.29 is 32.6 Å². The number of carbonyl (C=O) groups is 2. The van der Waals surface area contributed by atoms with Crippen molar-refractivity contribution in [3.05, 3.63) is 65.4 Å². The summed E-state index contributed by atoms with van der Waals surface area (Å²) in [6.45, 7) is -0.204. The lowest BCUT2D eigenvalue weighted by Gasteiger charge is -2.32. The Labute approximate surface area is 159 Å². The van der Waals surface area contributed by atoms with E-state index in [9.17, 15) is 18.4 Å². The summed E-state index contributed by atoms with van der Waals surface area (Å²) in [5.74, 6) is -2.97. The van der Waals surface area contributed by atoms with Gasteiger partial charge in [-0.05, 0) is 23.8 Å². The summed E-state index contributed by atoms with van der Waals surface area (Å²) in [6, 6.07) is 9.79. The van der Waals surface area contributed by atoms with Gasteiger partial charge in [-0.1, -0.05) is 18.2 Å². The van der Waals surface area contributed by atoms with Crippen molar-refractivity contribution in [2.45, 2.75) is 0 Å². The lowest BCUT2D eigenvalue weighted by Crippen LogP contribution is -2.39. The number of nitrogens with zero attached hydrogens (tertiary/aromatic N) is 1. The van der Waals surface area contributed by atoms with Gasteiger partial charge in [-0.3, -0.25) is 0 Å². The van der Waals surface area contributed by atoms with Crippen LogP contribution in [0.3, 0.4) is 0 Å². The fraction of sp³-hybridized carbons (Fsp3) is 0.200. The molecule has 0 aromatic heterocycles. The van der Waals surface area contributed by atoms with Crippen LogP contribution in [-0.2, 0) is 23.8 Å². The van der Waals surface area contributed by atoms with E-state index in [0.29, 0.717) is 11.3 Å². The van der Waals surface area contributed by atoms with E-state index in [1.165, 1.54) is 31.3 Å². The van der Waals surface area contributed by atoms with Gasteiger partial charge in [0.2, 0.25) is 0 Å². The first-order valence-corrected chi connectivity index (χ1v) is 8.26. The maximum Gasteiger partial charge on any atom is 0.355 e. The third kappa shape index (κ3) is 3.72. The number of carbonyl (C=O) groups excluding carboxylic acids is 2. The van der Waals surface area contributed by atoms with Gasteiger partial charge in [0.25, 0.3) is 0 Å². The zero-order chi connectivity index (χ0) is 20.3. The Morgan fingerprint density at radius 1 is 1.00 bits per heavy atom. The highest BCUT2D eigenvalue weighted by atomic mass is 19.1. The van der Waals surface area contributed by atoms with Gasteiger partial charge in [0, 0.05) is 11.6 Å². The number of hydrogen-bond donors (Lipinski definition) is 0. The lowest BCUT2D eigenvalue weighted by atomic mass is 10.0. The summed E-state index contributed by atoms with van der Waals surface area (Å²) in [5.41, 5.74) is 1.05. The van der Waals surface area contributed by atoms with Crippen molar-refractivity contribution in [3.63, 3.8) is 0 Å². The van der Waals surface area contributed by atoms with Gasteiger partial charge < -0.3 is 19.1 Å². The molecular formula is C20H17F2NO5. The quantitative estimate of drug-likeness (QED) is 0.749. The van der Waals surface area contributed by atoms with Crippen LogP contribution in [0.25, 0.3) is 11.1 Å². The second-order valence-electron chi connectivity index (χ2n) is 5.89. The maximum atomic E-state index is 13.7. The third-order valence-electron chi connectivity index (χ3n) is 4.20. The van der Waals surface area contributed by atoms with Crippen LogP contribution in [0.5, 0.6) is 0 Å². The highest BCUT2D eigenvalue weighted by Gasteiger charge is 2.33. The molecule has 0 bridgehead atoms. The smallest absolute Gasteiger partial charge is 0.355 e. The molecule has 0 spiro atoms. The van der Waals surface area contributed by atoms with E-state index in [-0.39, 0.29) is 30.2 Å². The highest BCUT2D eigenvalue weighted by Crippen LogP contribution is 2.35. The first-order chi connectivity index (χ1) is 13.5. The van der Waals surface area contributed by atoms with Gasteiger partial charge in [0.15, 0.2) is 0 Å². The molecule has 0 amide bonds. The van der Waals surface area contributed by atoms with Crippen LogP contribution in [0.2, 0.25) is 0 Å². The molecule has 28 heavy (non-hydrogen) atoms. The average Bonchev–Trinajstić information content (AvgIpc) is 2.71. The molecule has 8 heteroatoms. The number of esters is 2. The van der Waals surface area contributed by atoms with Crippen molar-refractivity contribution in [1.82, 2.24) is 0 Å². The van der Waals surface area contributed by atoms with Crippen LogP contribution in [0.1, 0.15) is 0 Å². The number of anilines is 1. The zero-order valence-corrected chi connectivity index (χ0v) is 15.2. The van der Waals surface area contributed by atoms with Crippen LogP contribution in [0.15, 0.2) is 53.7 Å². The van der Waals surface area contributed by atoms with Gasteiger partial charge >= 0.3 is 11.9 Å². The van der Waals surface area contributed by atoms with Crippen LogP contribution < -0.4 is 4.90 Å². The number of halogens is 2. The van der Waals surface area contributed by atoms with Gasteiger partial charge in [0.05, 0.1) is 32.1 Å². The number of methoxy groups -OCH3 is 2. The Morgan fingerprint density at radius 2 is 1.64 bits per heavy atom. The Balaban J connectivity index is 2.19. The Morgan fingerprint density at radius 3 is 2.29 bits per heavy atom. The predicted octanol–water partition coefficient (Wildman–Crippen LogP) is 3.03. The third-order valence-corrected chi connectivity index (χ3v) is 4.20. The minimum atomic E-state index is -0.760. The number of rotatable bonds is 4. The number of ether oxygens (including phenoxy) is 3. The largest absolute Gasteiger partial charge is 0.466 e. The summed E-state index contributed by atoms with van der Waals surface area (Å²) >= 11 is 0. The van der Waals surface area contributed by atoms with E-state index in [2.05, 4.69) is 0 Å². The van der Waals surface area contributed by atoms with Crippen LogP contribution in [0.4, 0.5) is 14.5 Å². The lowest BCUT2D eigenvalue weighted by molar-refractivity contribution is -0.140. The fourth-order valence-corrected chi connectivity index (χ4v) is 3.00. The molecule has 1 aliphatic rings. The first kappa shape index (κ1) is 19.5. The van der Waals surface area contributed by atoms with E-state index in [4.69, 9.17) is 14.2 Å². The topological polar surface area (TPSA) is 65.1 Å². The summed E-state index contributed by atoms with van der Waals surface area (Å²) < 4.78 is 42.5. The Bertz CT molecular complexity index is 937. The molecule has 0 fully saturated rings. The van der Waals surface area contributed by atoms with E-state index in [1.54, 1.807) is 24.3 Å². The average molecular weight is 389 g/mol. The minimum absolute atomic E-state index is 0.0131. The maximum absolute atomic E-state index is 13.7. The second-order valence-corrected chi connectivity index (χ2v) is 5.89. The summed E-state index contributed by atoms with van der Waals surface area (Å²) in [5, 5.41) is 0. The van der Waals surface area contributed by atoms with Gasteiger partial charge in [-0.2, -0.15) is 0 Å². The van der Waals surface area contributed by atoms with Crippen LogP contribution in [-0.4, -0.2) is 39.5 Å². The molecule has 0 saturated heterocycles. The summed E-state index contributed by atoms with van der Waals surface area (Å²) in [6.07, 6.45) is 0. The Kier molecular flexibility index (Phi) is 5.70. The van der Waals surface area contributed by atoms with Crippen molar-refractivity contribution in [1.29, 1.82) is 0 Å². The normalized spacial score (nSPS) is 14.1. The number of benzene rings is 2. The molecule has 0 radical (unpaired) electrons. The molecule has 2 aromatic rings. The predicted molar refractivity (Wildman–Crippen MR) is 96.2 cm³/mol. The number of hydrogen-bond acceptors (Lipinski definition) is 6. The molecule has 2 aromatic carbocycles. The van der Waals surface area contributed by atoms with E-state index < -0.39 is 23.6 Å². The van der Waals surface area contributed by atoms with Crippen LogP contribution in [0, 0.1) is 11.6 Å². The van der Waals surface area contributed by atoms with Crippen molar-refractivity contribution >= 4 is 17.6 Å². The molecule has 6 nitrogen and oxygen atoms in total. The second kappa shape index (κ2) is 8.18. The molecule has 1 heterocycles. The van der Waals surface area contributed by atoms with Crippen molar-refractivity contribution in [2.75, 3.05) is 32.5 Å². The minimum Gasteiger partial charge on any atom is -0.466 e. The highest BCUT2D eigenvalue weighted by molar-refractivity contribution is 6.04. The molecule has 146 valence electrons.